The predicted molar refractivity (Wildman–Crippen MR) is 155 cm³/mol. The molecule has 0 atom stereocenters. The molecule has 1 N–H and O–H groups in total. The third-order valence-corrected chi connectivity index (χ3v) is 8.23. The number of nitrogens with zero attached hydrogens (tertiary/aromatic N) is 4. The highest BCUT2D eigenvalue weighted by Crippen LogP contribution is 2.40. The Balaban J connectivity index is 1.67. The van der Waals surface area contributed by atoms with Crippen LogP contribution in [0.25, 0.3) is 22.6 Å². The Hall–Kier alpha value is -3.45. The van der Waals surface area contributed by atoms with Crippen molar-refractivity contribution < 1.29 is 9.90 Å². The molecule has 0 spiro atoms. The zero-order valence-electron chi connectivity index (χ0n) is 22.1. The number of anilines is 1. The third kappa shape index (κ3) is 5.77. The Bertz CT molecular complexity index is 1340. The van der Waals surface area contributed by atoms with Gasteiger partial charge in [-0.25, -0.2) is 9.50 Å². The third-order valence-electron chi connectivity index (χ3n) is 7.01. The molecular formula is C30H36N4O2S. The van der Waals surface area contributed by atoms with Crippen molar-refractivity contribution in [3.05, 3.63) is 77.4 Å². The molecule has 3 aromatic rings. The number of amides is 1. The minimum absolute atomic E-state index is 0.0154. The number of hydrogen-bond acceptors (Lipinski definition) is 5. The van der Waals surface area contributed by atoms with Crippen LogP contribution >= 0.6 is 11.3 Å². The summed E-state index contributed by atoms with van der Waals surface area (Å²) in [6, 6.07) is 5.73. The standard InChI is InChI=1S/C30H36N4O2S/c1-7-23(14-11-21(5)25-17-28-31-15-8-16-33(28)32-25)27-18-26(29(37-27)22(6)35)34(19(2)3)30(36)24-12-9-20(4)10-13-24/h7-8,11,14-20,24,35H,1,6,9-10,12-13H2,2-5H3/b21-11+,23-14+/t20-,24-. The van der Waals surface area contributed by atoms with Gasteiger partial charge in [-0.05, 0) is 75.7 Å². The largest absolute Gasteiger partial charge is 0.507 e. The van der Waals surface area contributed by atoms with Gasteiger partial charge in [-0.3, -0.25) is 4.79 Å². The molecule has 0 saturated heterocycles. The Labute approximate surface area is 223 Å². The zero-order valence-corrected chi connectivity index (χ0v) is 23.0. The summed E-state index contributed by atoms with van der Waals surface area (Å²) in [5.74, 6) is 0.788. The number of fused-ring (bicyclic) bond motifs is 1. The van der Waals surface area contributed by atoms with Gasteiger partial charge >= 0.3 is 0 Å². The van der Waals surface area contributed by atoms with Crippen LogP contribution in [0.2, 0.25) is 0 Å². The number of carbonyl (C=O) groups excluding carboxylic acids is 1. The topological polar surface area (TPSA) is 70.7 Å². The maximum atomic E-state index is 13.7. The van der Waals surface area contributed by atoms with E-state index >= 15 is 0 Å². The van der Waals surface area contributed by atoms with Gasteiger partial charge in [0, 0.05) is 35.3 Å². The molecule has 0 bridgehead atoms. The van der Waals surface area contributed by atoms with Crippen molar-refractivity contribution in [1.82, 2.24) is 14.6 Å². The minimum Gasteiger partial charge on any atom is -0.507 e. The molecule has 1 saturated carbocycles. The lowest BCUT2D eigenvalue weighted by molar-refractivity contribution is -0.123. The molecule has 0 aliphatic heterocycles. The molecule has 194 valence electrons. The first-order chi connectivity index (χ1) is 17.7. The van der Waals surface area contributed by atoms with E-state index in [4.69, 9.17) is 0 Å². The molecule has 1 aliphatic rings. The molecule has 3 heterocycles. The molecule has 0 radical (unpaired) electrons. The molecule has 1 fully saturated rings. The average Bonchev–Trinajstić information content (AvgIpc) is 3.50. The van der Waals surface area contributed by atoms with Gasteiger partial charge in [0.15, 0.2) is 5.65 Å². The Morgan fingerprint density at radius 2 is 1.97 bits per heavy atom. The first-order valence-electron chi connectivity index (χ1n) is 12.9. The van der Waals surface area contributed by atoms with E-state index in [2.05, 4.69) is 30.2 Å². The maximum Gasteiger partial charge on any atom is 0.230 e. The van der Waals surface area contributed by atoms with Crippen molar-refractivity contribution in [2.75, 3.05) is 4.90 Å². The first-order valence-corrected chi connectivity index (χ1v) is 13.7. The van der Waals surface area contributed by atoms with Gasteiger partial charge in [-0.1, -0.05) is 38.3 Å². The normalized spacial score (nSPS) is 18.8. The van der Waals surface area contributed by atoms with Gasteiger partial charge in [-0.2, -0.15) is 5.10 Å². The van der Waals surface area contributed by atoms with E-state index in [1.54, 1.807) is 16.8 Å². The smallest absolute Gasteiger partial charge is 0.230 e. The summed E-state index contributed by atoms with van der Waals surface area (Å²) in [5.41, 5.74) is 4.22. The van der Waals surface area contributed by atoms with E-state index in [0.29, 0.717) is 16.5 Å². The molecule has 1 aliphatic carbocycles. The molecule has 4 rings (SSSR count). The number of aliphatic hydroxyl groups excluding tert-OH is 1. The summed E-state index contributed by atoms with van der Waals surface area (Å²) in [6.07, 6.45) is 13.4. The fourth-order valence-electron chi connectivity index (χ4n) is 4.84. The van der Waals surface area contributed by atoms with Crippen molar-refractivity contribution in [3.8, 4) is 0 Å². The Kier molecular flexibility index (Phi) is 8.13. The van der Waals surface area contributed by atoms with E-state index in [0.717, 1.165) is 53.0 Å². The Morgan fingerprint density at radius 3 is 2.59 bits per heavy atom. The van der Waals surface area contributed by atoms with Crippen LogP contribution in [0.4, 0.5) is 5.69 Å². The number of rotatable bonds is 8. The number of aromatic nitrogens is 3. The fourth-order valence-corrected chi connectivity index (χ4v) is 5.88. The Morgan fingerprint density at radius 1 is 1.24 bits per heavy atom. The average molecular weight is 517 g/mol. The van der Waals surface area contributed by atoms with Crippen molar-refractivity contribution >= 4 is 45.5 Å². The summed E-state index contributed by atoms with van der Waals surface area (Å²) in [6.45, 7) is 16.1. The highest BCUT2D eigenvalue weighted by atomic mass is 32.1. The summed E-state index contributed by atoms with van der Waals surface area (Å²) in [5, 5.41) is 15.1. The molecular weight excluding hydrogens is 480 g/mol. The lowest BCUT2D eigenvalue weighted by atomic mass is 9.82. The minimum atomic E-state index is -0.0469. The van der Waals surface area contributed by atoms with E-state index in [1.807, 2.05) is 62.2 Å². The lowest BCUT2D eigenvalue weighted by Gasteiger charge is -2.33. The van der Waals surface area contributed by atoms with Crippen molar-refractivity contribution in [3.63, 3.8) is 0 Å². The van der Waals surface area contributed by atoms with Gasteiger partial charge in [0.1, 0.15) is 5.76 Å². The van der Waals surface area contributed by atoms with Gasteiger partial charge in [-0.15, -0.1) is 11.3 Å². The molecule has 37 heavy (non-hydrogen) atoms. The fraction of sp³-hybridized carbons (Fsp3) is 0.367. The summed E-state index contributed by atoms with van der Waals surface area (Å²) in [7, 11) is 0. The van der Waals surface area contributed by atoms with Crippen molar-refractivity contribution in [1.29, 1.82) is 0 Å². The van der Waals surface area contributed by atoms with Gasteiger partial charge in [0.25, 0.3) is 0 Å². The van der Waals surface area contributed by atoms with Gasteiger partial charge in [0.05, 0.1) is 16.3 Å². The number of thiophene rings is 1. The highest BCUT2D eigenvalue weighted by Gasteiger charge is 2.32. The first kappa shape index (κ1) is 26.6. The van der Waals surface area contributed by atoms with E-state index in [9.17, 15) is 9.90 Å². The second-order valence-corrected chi connectivity index (χ2v) is 11.2. The number of hydrogen-bond donors (Lipinski definition) is 1. The van der Waals surface area contributed by atoms with Crippen molar-refractivity contribution in [2.45, 2.75) is 59.4 Å². The monoisotopic (exact) mass is 516 g/mol. The van der Waals surface area contributed by atoms with Crippen LogP contribution in [0.1, 0.15) is 68.8 Å². The van der Waals surface area contributed by atoms with Gasteiger partial charge in [0.2, 0.25) is 5.91 Å². The van der Waals surface area contributed by atoms with Crippen LogP contribution in [0.5, 0.6) is 0 Å². The van der Waals surface area contributed by atoms with Crippen LogP contribution < -0.4 is 4.90 Å². The number of carbonyl (C=O) groups is 1. The second kappa shape index (κ2) is 11.3. The molecule has 0 unspecified atom stereocenters. The SMILES string of the molecule is C=C/C(=C\C=C(/C)c1cc2ncccn2n1)c1cc(N(C(=O)[C@H]2CC[C@H](C)CC2)C(C)C)c(C(=C)O)s1. The quantitative estimate of drug-likeness (QED) is 0.248. The number of allylic oxidation sites excluding steroid dienone is 5. The molecule has 3 aromatic heterocycles. The number of aliphatic hydroxyl groups is 1. The van der Waals surface area contributed by atoms with E-state index < -0.39 is 0 Å². The van der Waals surface area contributed by atoms with Crippen LogP contribution in [-0.2, 0) is 4.79 Å². The predicted octanol–water partition coefficient (Wildman–Crippen LogP) is 7.56. The van der Waals surface area contributed by atoms with E-state index in [1.165, 1.54) is 11.3 Å². The highest BCUT2D eigenvalue weighted by molar-refractivity contribution is 7.14. The van der Waals surface area contributed by atoms with E-state index in [-0.39, 0.29) is 23.6 Å². The maximum absolute atomic E-state index is 13.7. The van der Waals surface area contributed by atoms with Crippen LogP contribution in [-0.4, -0.2) is 31.7 Å². The summed E-state index contributed by atoms with van der Waals surface area (Å²) in [4.78, 5) is 21.4. The van der Waals surface area contributed by atoms with Crippen molar-refractivity contribution in [2.24, 2.45) is 11.8 Å². The second-order valence-electron chi connectivity index (χ2n) is 10.2. The van der Waals surface area contributed by atoms with Gasteiger partial charge < -0.3 is 10.0 Å². The summed E-state index contributed by atoms with van der Waals surface area (Å²) >= 11 is 1.42. The molecule has 7 heteroatoms. The molecule has 0 aromatic carbocycles. The summed E-state index contributed by atoms with van der Waals surface area (Å²) < 4.78 is 1.75. The van der Waals surface area contributed by atoms with Crippen LogP contribution in [0, 0.1) is 11.8 Å². The van der Waals surface area contributed by atoms with Crippen LogP contribution in [0.15, 0.2) is 62.0 Å². The molecule has 1 amide bonds. The lowest BCUT2D eigenvalue weighted by Crippen LogP contribution is -2.42. The molecule has 6 nitrogen and oxygen atoms in total. The zero-order chi connectivity index (χ0) is 26.7. The van der Waals surface area contributed by atoms with Crippen LogP contribution in [0.3, 0.4) is 0 Å².